The minimum atomic E-state index is -3.68. The number of ether oxygens (including phenoxy) is 1. The van der Waals surface area contributed by atoms with E-state index in [1.165, 1.54) is 0 Å². The molecule has 3 aromatic rings. The Morgan fingerprint density at radius 1 is 0.931 bits per heavy atom. The standard InChI is InChI=1S/C22H22N2O4S/c1-16-7-13-20(14-8-16)29(26,27)24-19-11-9-17(10-12-19)22(25)23-15-18-5-3-4-6-21(18)28-2/h3-14,24H,15H2,1-2H3,(H,23,25). The number of carbonyl (C=O) groups excluding carboxylic acids is 1. The zero-order chi connectivity index (χ0) is 20.9. The van der Waals surface area contributed by atoms with E-state index in [-0.39, 0.29) is 10.8 Å². The number of para-hydroxylation sites is 1. The Labute approximate surface area is 170 Å². The van der Waals surface area contributed by atoms with Gasteiger partial charge in [0.15, 0.2) is 0 Å². The van der Waals surface area contributed by atoms with Crippen molar-refractivity contribution in [2.75, 3.05) is 11.8 Å². The molecule has 0 aliphatic carbocycles. The summed E-state index contributed by atoms with van der Waals surface area (Å²) in [6.07, 6.45) is 0. The Hall–Kier alpha value is -3.32. The average Bonchev–Trinajstić information content (AvgIpc) is 2.72. The molecule has 6 nitrogen and oxygen atoms in total. The zero-order valence-corrected chi connectivity index (χ0v) is 17.0. The molecule has 0 aliphatic heterocycles. The highest BCUT2D eigenvalue weighted by Gasteiger charge is 2.14. The highest BCUT2D eigenvalue weighted by Crippen LogP contribution is 2.19. The van der Waals surface area contributed by atoms with E-state index in [1.54, 1.807) is 55.6 Å². The molecule has 0 unspecified atom stereocenters. The van der Waals surface area contributed by atoms with Crippen LogP contribution >= 0.6 is 0 Å². The second kappa shape index (κ2) is 8.79. The molecular weight excluding hydrogens is 388 g/mol. The summed E-state index contributed by atoms with van der Waals surface area (Å²) < 4.78 is 32.7. The number of aryl methyl sites for hydroxylation is 1. The van der Waals surface area contributed by atoms with Crippen LogP contribution in [0.1, 0.15) is 21.5 Å². The fourth-order valence-corrected chi connectivity index (χ4v) is 3.81. The third kappa shape index (κ3) is 5.14. The van der Waals surface area contributed by atoms with Gasteiger partial charge in [0.2, 0.25) is 0 Å². The van der Waals surface area contributed by atoms with Crippen molar-refractivity contribution >= 4 is 21.6 Å². The summed E-state index contributed by atoms with van der Waals surface area (Å²) in [4.78, 5) is 12.6. The Morgan fingerprint density at radius 3 is 2.24 bits per heavy atom. The Morgan fingerprint density at radius 2 is 1.59 bits per heavy atom. The molecule has 3 rings (SSSR count). The first-order valence-corrected chi connectivity index (χ1v) is 10.5. The summed E-state index contributed by atoms with van der Waals surface area (Å²) in [6.45, 7) is 2.21. The maximum Gasteiger partial charge on any atom is 0.261 e. The van der Waals surface area contributed by atoms with Crippen LogP contribution in [0.15, 0.2) is 77.7 Å². The van der Waals surface area contributed by atoms with E-state index in [0.29, 0.717) is 23.5 Å². The van der Waals surface area contributed by atoms with Gasteiger partial charge in [-0.05, 0) is 49.4 Å². The van der Waals surface area contributed by atoms with Gasteiger partial charge in [-0.1, -0.05) is 35.9 Å². The number of benzene rings is 3. The predicted octanol–water partition coefficient (Wildman–Crippen LogP) is 3.73. The third-order valence-corrected chi connectivity index (χ3v) is 5.76. The first kappa shape index (κ1) is 20.4. The summed E-state index contributed by atoms with van der Waals surface area (Å²) in [7, 11) is -2.10. The van der Waals surface area contributed by atoms with Gasteiger partial charge in [-0.3, -0.25) is 9.52 Å². The van der Waals surface area contributed by atoms with E-state index in [9.17, 15) is 13.2 Å². The minimum absolute atomic E-state index is 0.182. The topological polar surface area (TPSA) is 84.5 Å². The summed E-state index contributed by atoms with van der Waals surface area (Å²) in [5.74, 6) is 0.442. The maximum atomic E-state index is 12.4. The Balaban J connectivity index is 1.65. The largest absolute Gasteiger partial charge is 0.496 e. The van der Waals surface area contributed by atoms with Gasteiger partial charge in [0.05, 0.1) is 12.0 Å². The van der Waals surface area contributed by atoms with E-state index in [2.05, 4.69) is 10.0 Å². The maximum absolute atomic E-state index is 12.4. The number of hydrogen-bond donors (Lipinski definition) is 2. The van der Waals surface area contributed by atoms with E-state index >= 15 is 0 Å². The smallest absolute Gasteiger partial charge is 0.261 e. The molecule has 0 aliphatic rings. The van der Waals surface area contributed by atoms with E-state index in [1.807, 2.05) is 31.2 Å². The van der Waals surface area contributed by atoms with Crippen molar-refractivity contribution in [3.63, 3.8) is 0 Å². The molecule has 0 fully saturated rings. The van der Waals surface area contributed by atoms with Crippen LogP contribution in [-0.2, 0) is 16.6 Å². The zero-order valence-electron chi connectivity index (χ0n) is 16.2. The van der Waals surface area contributed by atoms with Gasteiger partial charge >= 0.3 is 0 Å². The molecule has 0 aromatic heterocycles. The highest BCUT2D eigenvalue weighted by molar-refractivity contribution is 7.92. The molecule has 150 valence electrons. The Kier molecular flexibility index (Phi) is 6.19. The van der Waals surface area contributed by atoms with E-state index in [0.717, 1.165) is 11.1 Å². The van der Waals surface area contributed by atoms with Crippen molar-refractivity contribution in [2.24, 2.45) is 0 Å². The number of anilines is 1. The molecule has 7 heteroatoms. The van der Waals surface area contributed by atoms with Crippen molar-refractivity contribution in [1.82, 2.24) is 5.32 Å². The number of methoxy groups -OCH3 is 1. The molecule has 0 heterocycles. The van der Waals surface area contributed by atoms with Crippen LogP contribution in [0.4, 0.5) is 5.69 Å². The number of carbonyl (C=O) groups is 1. The predicted molar refractivity (Wildman–Crippen MR) is 113 cm³/mol. The monoisotopic (exact) mass is 410 g/mol. The lowest BCUT2D eigenvalue weighted by Crippen LogP contribution is -2.23. The van der Waals surface area contributed by atoms with Crippen LogP contribution in [0.5, 0.6) is 5.75 Å². The normalized spacial score (nSPS) is 11.0. The summed E-state index contributed by atoms with van der Waals surface area (Å²) >= 11 is 0. The summed E-state index contributed by atoms with van der Waals surface area (Å²) in [5.41, 5.74) is 2.66. The lowest BCUT2D eigenvalue weighted by atomic mass is 10.1. The lowest BCUT2D eigenvalue weighted by molar-refractivity contribution is 0.0950. The lowest BCUT2D eigenvalue weighted by Gasteiger charge is -2.11. The van der Waals surface area contributed by atoms with Crippen molar-refractivity contribution in [1.29, 1.82) is 0 Å². The first-order valence-electron chi connectivity index (χ1n) is 8.99. The van der Waals surface area contributed by atoms with Gasteiger partial charge in [0.1, 0.15) is 5.75 Å². The third-order valence-electron chi connectivity index (χ3n) is 4.36. The molecule has 2 N–H and O–H groups in total. The van der Waals surface area contributed by atoms with Crippen molar-refractivity contribution in [3.8, 4) is 5.75 Å². The van der Waals surface area contributed by atoms with Gasteiger partial charge < -0.3 is 10.1 Å². The highest BCUT2D eigenvalue weighted by atomic mass is 32.2. The second-order valence-corrected chi connectivity index (χ2v) is 8.17. The number of nitrogens with one attached hydrogen (secondary N) is 2. The van der Waals surface area contributed by atoms with Crippen LogP contribution in [0, 0.1) is 6.92 Å². The van der Waals surface area contributed by atoms with E-state index < -0.39 is 10.0 Å². The quantitative estimate of drug-likeness (QED) is 0.622. The number of rotatable bonds is 7. The van der Waals surface area contributed by atoms with Gasteiger partial charge in [0, 0.05) is 23.4 Å². The van der Waals surface area contributed by atoms with Crippen LogP contribution in [0.2, 0.25) is 0 Å². The molecule has 3 aromatic carbocycles. The van der Waals surface area contributed by atoms with Gasteiger partial charge in [-0.25, -0.2) is 8.42 Å². The summed E-state index contributed by atoms with van der Waals surface area (Å²) in [6, 6.07) is 20.3. The average molecular weight is 410 g/mol. The number of amides is 1. The van der Waals surface area contributed by atoms with Crippen LogP contribution in [0.3, 0.4) is 0 Å². The molecule has 29 heavy (non-hydrogen) atoms. The Bertz CT molecular complexity index is 1090. The molecule has 1 amide bonds. The van der Waals surface area contributed by atoms with Crippen LogP contribution < -0.4 is 14.8 Å². The van der Waals surface area contributed by atoms with Gasteiger partial charge in [-0.15, -0.1) is 0 Å². The summed E-state index contributed by atoms with van der Waals surface area (Å²) in [5, 5.41) is 2.83. The first-order chi connectivity index (χ1) is 13.9. The molecular formula is C22H22N2O4S. The molecule has 0 radical (unpaired) electrons. The molecule has 0 bridgehead atoms. The molecule has 0 saturated carbocycles. The van der Waals surface area contributed by atoms with Gasteiger partial charge in [-0.2, -0.15) is 0 Å². The van der Waals surface area contributed by atoms with Crippen molar-refractivity contribution in [2.45, 2.75) is 18.4 Å². The van der Waals surface area contributed by atoms with Crippen molar-refractivity contribution < 1.29 is 17.9 Å². The molecule has 0 spiro atoms. The molecule has 0 atom stereocenters. The number of hydrogen-bond acceptors (Lipinski definition) is 4. The van der Waals surface area contributed by atoms with E-state index in [4.69, 9.17) is 4.74 Å². The van der Waals surface area contributed by atoms with Crippen molar-refractivity contribution in [3.05, 3.63) is 89.5 Å². The second-order valence-electron chi connectivity index (χ2n) is 6.49. The van der Waals surface area contributed by atoms with Crippen LogP contribution in [-0.4, -0.2) is 21.4 Å². The fourth-order valence-electron chi connectivity index (χ4n) is 2.75. The van der Waals surface area contributed by atoms with Crippen LogP contribution in [0.25, 0.3) is 0 Å². The number of sulfonamides is 1. The fraction of sp³-hybridized carbons (Fsp3) is 0.136. The SMILES string of the molecule is COc1ccccc1CNC(=O)c1ccc(NS(=O)(=O)c2ccc(C)cc2)cc1. The van der Waals surface area contributed by atoms with Gasteiger partial charge in [0.25, 0.3) is 15.9 Å². The molecule has 0 saturated heterocycles. The minimum Gasteiger partial charge on any atom is -0.496 e.